The molecule has 2 nitrogen and oxygen atoms in total. The standard InChI is InChI=1S/C22H22O2/c1-4-16-12-15(2)8-9-18(13-16)20-7-5-6-17-10-11-19(14-21(17)20)22(23)24-3/h5-11,13-14H,4,12H2,1-3H3. The highest BCUT2D eigenvalue weighted by Gasteiger charge is 2.11. The summed E-state index contributed by atoms with van der Waals surface area (Å²) < 4.78 is 4.86. The molecule has 0 heterocycles. The van der Waals surface area contributed by atoms with Crippen LogP contribution in [0.25, 0.3) is 16.3 Å². The molecule has 0 unspecified atom stereocenters. The molecule has 0 aromatic heterocycles. The van der Waals surface area contributed by atoms with Gasteiger partial charge in [-0.1, -0.05) is 60.6 Å². The van der Waals surface area contributed by atoms with Crippen molar-refractivity contribution in [2.75, 3.05) is 7.11 Å². The molecule has 0 bridgehead atoms. The highest BCUT2D eigenvalue weighted by molar-refractivity contribution is 6.01. The Bertz CT molecular complexity index is 882. The SMILES string of the molecule is CCC1=CC(c2cccc3ccc(C(=O)OC)cc23)=CC=C(C)C1. The number of carbonyl (C=O) groups is 1. The fraction of sp³-hybridized carbons (Fsp3) is 0.227. The second kappa shape index (κ2) is 6.88. The summed E-state index contributed by atoms with van der Waals surface area (Å²) in [4.78, 5) is 11.9. The lowest BCUT2D eigenvalue weighted by Crippen LogP contribution is -2.01. The molecule has 0 fully saturated rings. The molecule has 0 spiro atoms. The van der Waals surface area contributed by atoms with Crippen molar-refractivity contribution >= 4 is 22.3 Å². The molecule has 3 rings (SSSR count). The maximum atomic E-state index is 11.9. The fourth-order valence-electron chi connectivity index (χ4n) is 3.13. The van der Waals surface area contributed by atoms with Gasteiger partial charge in [-0.25, -0.2) is 4.79 Å². The Morgan fingerprint density at radius 1 is 1.17 bits per heavy atom. The molecule has 0 radical (unpaired) electrons. The van der Waals surface area contributed by atoms with Crippen LogP contribution in [0.15, 0.2) is 65.8 Å². The number of carbonyl (C=O) groups excluding carboxylic acids is 1. The van der Waals surface area contributed by atoms with E-state index >= 15 is 0 Å². The van der Waals surface area contributed by atoms with E-state index in [2.05, 4.69) is 50.3 Å². The number of rotatable bonds is 3. The molecule has 0 amide bonds. The molecule has 2 aromatic carbocycles. The van der Waals surface area contributed by atoms with E-state index in [9.17, 15) is 4.79 Å². The van der Waals surface area contributed by atoms with Gasteiger partial charge < -0.3 is 4.74 Å². The minimum absolute atomic E-state index is 0.304. The van der Waals surface area contributed by atoms with Gasteiger partial charge in [-0.15, -0.1) is 0 Å². The van der Waals surface area contributed by atoms with Crippen molar-refractivity contribution in [1.82, 2.24) is 0 Å². The smallest absolute Gasteiger partial charge is 0.337 e. The predicted octanol–water partition coefficient (Wildman–Crippen LogP) is 5.70. The second-order valence-corrected chi connectivity index (χ2v) is 6.20. The van der Waals surface area contributed by atoms with Gasteiger partial charge in [-0.2, -0.15) is 0 Å². The monoisotopic (exact) mass is 318 g/mol. The van der Waals surface area contributed by atoms with Crippen LogP contribution >= 0.6 is 0 Å². The largest absolute Gasteiger partial charge is 0.465 e. The summed E-state index contributed by atoms with van der Waals surface area (Å²) in [6.45, 7) is 4.36. The van der Waals surface area contributed by atoms with Crippen LogP contribution < -0.4 is 0 Å². The van der Waals surface area contributed by atoms with Crippen molar-refractivity contribution < 1.29 is 9.53 Å². The summed E-state index contributed by atoms with van der Waals surface area (Å²) >= 11 is 0. The summed E-state index contributed by atoms with van der Waals surface area (Å²) in [5.74, 6) is -0.304. The van der Waals surface area contributed by atoms with E-state index in [0.29, 0.717) is 5.56 Å². The Labute approximate surface area is 143 Å². The Morgan fingerprint density at radius 2 is 2.00 bits per heavy atom. The van der Waals surface area contributed by atoms with Gasteiger partial charge in [-0.3, -0.25) is 0 Å². The van der Waals surface area contributed by atoms with Crippen LogP contribution in [-0.4, -0.2) is 13.1 Å². The van der Waals surface area contributed by atoms with Crippen LogP contribution in [0.3, 0.4) is 0 Å². The van der Waals surface area contributed by atoms with Gasteiger partial charge in [0.2, 0.25) is 0 Å². The topological polar surface area (TPSA) is 26.3 Å². The van der Waals surface area contributed by atoms with Crippen molar-refractivity contribution in [1.29, 1.82) is 0 Å². The predicted molar refractivity (Wildman–Crippen MR) is 100 cm³/mol. The van der Waals surface area contributed by atoms with E-state index in [-0.39, 0.29) is 5.97 Å². The Morgan fingerprint density at radius 3 is 2.75 bits per heavy atom. The van der Waals surface area contributed by atoms with Crippen LogP contribution in [-0.2, 0) is 4.74 Å². The molecule has 0 aliphatic heterocycles. The number of hydrogen-bond donors (Lipinski definition) is 0. The second-order valence-electron chi connectivity index (χ2n) is 6.20. The average Bonchev–Trinajstić information content (AvgIpc) is 2.81. The van der Waals surface area contributed by atoms with Crippen molar-refractivity contribution in [3.8, 4) is 0 Å². The van der Waals surface area contributed by atoms with Crippen LogP contribution in [0.2, 0.25) is 0 Å². The minimum atomic E-state index is -0.304. The molecule has 0 N–H and O–H groups in total. The highest BCUT2D eigenvalue weighted by atomic mass is 16.5. The third-order valence-electron chi connectivity index (χ3n) is 4.48. The first-order chi connectivity index (χ1) is 11.6. The van der Waals surface area contributed by atoms with Gasteiger partial charge in [0.1, 0.15) is 0 Å². The first-order valence-corrected chi connectivity index (χ1v) is 8.30. The molecular weight excluding hydrogens is 296 g/mol. The van der Waals surface area contributed by atoms with Crippen molar-refractivity contribution in [3.63, 3.8) is 0 Å². The van der Waals surface area contributed by atoms with Crippen LogP contribution in [0.4, 0.5) is 0 Å². The Kier molecular flexibility index (Phi) is 4.66. The molecule has 1 aliphatic carbocycles. The third-order valence-corrected chi connectivity index (χ3v) is 4.48. The molecule has 2 heteroatoms. The molecule has 122 valence electrons. The number of benzene rings is 2. The number of esters is 1. The van der Waals surface area contributed by atoms with E-state index in [1.807, 2.05) is 18.2 Å². The fourth-order valence-corrected chi connectivity index (χ4v) is 3.13. The lowest BCUT2D eigenvalue weighted by Gasteiger charge is -2.10. The highest BCUT2D eigenvalue weighted by Crippen LogP contribution is 2.31. The van der Waals surface area contributed by atoms with Crippen LogP contribution in [0.5, 0.6) is 0 Å². The maximum absolute atomic E-state index is 11.9. The van der Waals surface area contributed by atoms with Gasteiger partial charge in [0, 0.05) is 0 Å². The number of methoxy groups -OCH3 is 1. The zero-order valence-electron chi connectivity index (χ0n) is 14.4. The van der Waals surface area contributed by atoms with E-state index in [1.54, 1.807) is 0 Å². The normalized spacial score (nSPS) is 14.5. The van der Waals surface area contributed by atoms with E-state index < -0.39 is 0 Å². The summed E-state index contributed by atoms with van der Waals surface area (Å²) in [5, 5.41) is 2.20. The zero-order valence-corrected chi connectivity index (χ0v) is 14.4. The Hall–Kier alpha value is -2.61. The third kappa shape index (κ3) is 3.18. The summed E-state index contributed by atoms with van der Waals surface area (Å²) in [7, 11) is 1.41. The maximum Gasteiger partial charge on any atom is 0.337 e. The molecule has 24 heavy (non-hydrogen) atoms. The average molecular weight is 318 g/mol. The van der Waals surface area contributed by atoms with E-state index in [1.165, 1.54) is 23.8 Å². The molecule has 0 saturated carbocycles. The number of allylic oxidation sites excluding steroid dienone is 6. The quantitative estimate of drug-likeness (QED) is 0.679. The van der Waals surface area contributed by atoms with Crippen LogP contribution in [0.1, 0.15) is 42.6 Å². The Balaban J connectivity index is 2.20. The number of ether oxygens (including phenoxy) is 1. The van der Waals surface area contributed by atoms with Crippen molar-refractivity contribution in [3.05, 3.63) is 76.9 Å². The van der Waals surface area contributed by atoms with Gasteiger partial charge in [0.05, 0.1) is 12.7 Å². The summed E-state index contributed by atoms with van der Waals surface area (Å²) in [6, 6.07) is 12.0. The summed E-state index contributed by atoms with van der Waals surface area (Å²) in [6.07, 6.45) is 8.72. The van der Waals surface area contributed by atoms with Gasteiger partial charge in [0.15, 0.2) is 0 Å². The van der Waals surface area contributed by atoms with Gasteiger partial charge >= 0.3 is 5.97 Å². The lowest BCUT2D eigenvalue weighted by molar-refractivity contribution is 0.0601. The first kappa shape index (κ1) is 16.3. The number of hydrogen-bond acceptors (Lipinski definition) is 2. The molecule has 1 aliphatic rings. The molecule has 2 aromatic rings. The van der Waals surface area contributed by atoms with Crippen LogP contribution in [0, 0.1) is 0 Å². The van der Waals surface area contributed by atoms with E-state index in [4.69, 9.17) is 4.74 Å². The van der Waals surface area contributed by atoms with Gasteiger partial charge in [0.25, 0.3) is 0 Å². The molecule has 0 atom stereocenters. The lowest BCUT2D eigenvalue weighted by atomic mass is 9.95. The van der Waals surface area contributed by atoms with Gasteiger partial charge in [-0.05, 0) is 53.8 Å². The van der Waals surface area contributed by atoms with E-state index in [0.717, 1.165) is 29.2 Å². The molecule has 0 saturated heterocycles. The summed E-state index contributed by atoms with van der Waals surface area (Å²) in [5.41, 5.74) is 5.71. The first-order valence-electron chi connectivity index (χ1n) is 8.30. The number of fused-ring (bicyclic) bond motifs is 1. The zero-order chi connectivity index (χ0) is 17.1. The van der Waals surface area contributed by atoms with Crippen molar-refractivity contribution in [2.24, 2.45) is 0 Å². The molecular formula is C22H22O2. The van der Waals surface area contributed by atoms with Crippen molar-refractivity contribution in [2.45, 2.75) is 26.7 Å². The minimum Gasteiger partial charge on any atom is -0.465 e.